The van der Waals surface area contributed by atoms with Crippen molar-refractivity contribution in [1.82, 2.24) is 5.32 Å². The third kappa shape index (κ3) is 4.26. The molecular weight excluding hydrogens is 318 g/mol. The number of aliphatic carboxylic acids is 1. The molecule has 3 nitrogen and oxygen atoms in total. The zero-order valence-electron chi connectivity index (χ0n) is 10.4. The van der Waals surface area contributed by atoms with Crippen LogP contribution in [0.15, 0.2) is 22.7 Å². The SMILES string of the molecule is CCCC(NC(C)c1ccc(Br)cc1Cl)C(=O)O. The van der Waals surface area contributed by atoms with Crippen LogP contribution in [0.3, 0.4) is 0 Å². The van der Waals surface area contributed by atoms with E-state index in [0.717, 1.165) is 16.5 Å². The molecule has 2 unspecified atom stereocenters. The van der Waals surface area contributed by atoms with Crippen LogP contribution in [0.25, 0.3) is 0 Å². The molecule has 0 fully saturated rings. The molecule has 0 aliphatic heterocycles. The molecule has 2 N–H and O–H groups in total. The highest BCUT2D eigenvalue weighted by Crippen LogP contribution is 2.26. The smallest absolute Gasteiger partial charge is 0.320 e. The van der Waals surface area contributed by atoms with Gasteiger partial charge < -0.3 is 5.11 Å². The van der Waals surface area contributed by atoms with Crippen LogP contribution >= 0.6 is 27.5 Å². The van der Waals surface area contributed by atoms with Gasteiger partial charge in [-0.2, -0.15) is 0 Å². The van der Waals surface area contributed by atoms with E-state index in [1.54, 1.807) is 0 Å². The lowest BCUT2D eigenvalue weighted by Crippen LogP contribution is -2.38. The maximum absolute atomic E-state index is 11.1. The van der Waals surface area contributed by atoms with E-state index in [9.17, 15) is 4.79 Å². The Hall–Kier alpha value is -0.580. The highest BCUT2D eigenvalue weighted by Gasteiger charge is 2.20. The summed E-state index contributed by atoms with van der Waals surface area (Å²) in [5.74, 6) is -0.822. The Balaban J connectivity index is 2.80. The number of hydrogen-bond acceptors (Lipinski definition) is 2. The van der Waals surface area contributed by atoms with E-state index in [4.69, 9.17) is 16.7 Å². The van der Waals surface area contributed by atoms with Gasteiger partial charge in [0.1, 0.15) is 6.04 Å². The standard InChI is InChI=1S/C13H17BrClNO2/c1-3-4-12(13(17)18)16-8(2)10-6-5-9(14)7-11(10)15/h5-8,12,16H,3-4H2,1-2H3,(H,17,18). The first-order chi connectivity index (χ1) is 8.45. The van der Waals surface area contributed by atoms with Crippen molar-refractivity contribution in [1.29, 1.82) is 0 Å². The number of rotatable bonds is 6. The molecule has 0 aliphatic carbocycles. The Kier molecular flexibility index (Phi) is 6.12. The third-order valence-corrected chi connectivity index (χ3v) is 3.58. The number of carboxylic acids is 1. The molecule has 18 heavy (non-hydrogen) atoms. The molecule has 0 spiro atoms. The lowest BCUT2D eigenvalue weighted by atomic mass is 10.1. The van der Waals surface area contributed by atoms with Gasteiger partial charge in [0.05, 0.1) is 0 Å². The predicted octanol–water partition coefficient (Wildman–Crippen LogP) is 4.01. The number of carboxylic acid groups (broad SMARTS) is 1. The van der Waals surface area contributed by atoms with Gasteiger partial charge in [-0.3, -0.25) is 10.1 Å². The lowest BCUT2D eigenvalue weighted by Gasteiger charge is -2.21. The van der Waals surface area contributed by atoms with E-state index in [1.165, 1.54) is 0 Å². The fraction of sp³-hybridized carbons (Fsp3) is 0.462. The second kappa shape index (κ2) is 7.12. The minimum absolute atomic E-state index is 0.0988. The summed E-state index contributed by atoms with van der Waals surface area (Å²) < 4.78 is 0.909. The summed E-state index contributed by atoms with van der Waals surface area (Å²) in [6.07, 6.45) is 1.43. The first-order valence-electron chi connectivity index (χ1n) is 5.89. The fourth-order valence-electron chi connectivity index (χ4n) is 1.81. The molecule has 0 aromatic heterocycles. The normalized spacial score (nSPS) is 14.2. The molecule has 5 heteroatoms. The Morgan fingerprint density at radius 3 is 2.72 bits per heavy atom. The number of halogens is 2. The van der Waals surface area contributed by atoms with Crippen molar-refractivity contribution in [2.75, 3.05) is 0 Å². The molecule has 0 bridgehead atoms. The maximum atomic E-state index is 11.1. The van der Waals surface area contributed by atoms with Gasteiger partial charge >= 0.3 is 5.97 Å². The van der Waals surface area contributed by atoms with Crippen molar-refractivity contribution >= 4 is 33.5 Å². The van der Waals surface area contributed by atoms with Crippen molar-refractivity contribution in [3.63, 3.8) is 0 Å². The molecule has 100 valence electrons. The summed E-state index contributed by atoms with van der Waals surface area (Å²) in [5, 5.41) is 12.8. The molecule has 0 saturated heterocycles. The van der Waals surface area contributed by atoms with Gasteiger partial charge in [0.25, 0.3) is 0 Å². The minimum Gasteiger partial charge on any atom is -0.480 e. The van der Waals surface area contributed by atoms with Gasteiger partial charge in [0.2, 0.25) is 0 Å². The molecule has 0 heterocycles. The van der Waals surface area contributed by atoms with Crippen LogP contribution in [-0.4, -0.2) is 17.1 Å². The van der Waals surface area contributed by atoms with Crippen LogP contribution in [0.1, 0.15) is 38.3 Å². The van der Waals surface area contributed by atoms with E-state index < -0.39 is 12.0 Å². The predicted molar refractivity (Wildman–Crippen MR) is 77.0 cm³/mol. The van der Waals surface area contributed by atoms with Crippen LogP contribution in [0.4, 0.5) is 0 Å². The highest BCUT2D eigenvalue weighted by molar-refractivity contribution is 9.10. The average Bonchev–Trinajstić information content (AvgIpc) is 2.27. The van der Waals surface area contributed by atoms with Crippen LogP contribution in [-0.2, 0) is 4.79 Å². The van der Waals surface area contributed by atoms with E-state index in [2.05, 4.69) is 21.2 Å². The van der Waals surface area contributed by atoms with Gasteiger partial charge in [-0.25, -0.2) is 0 Å². The number of carbonyl (C=O) groups is 1. The van der Waals surface area contributed by atoms with E-state index >= 15 is 0 Å². The molecular formula is C13H17BrClNO2. The highest BCUT2D eigenvalue weighted by atomic mass is 79.9. The van der Waals surface area contributed by atoms with Crippen LogP contribution in [0.5, 0.6) is 0 Å². The van der Waals surface area contributed by atoms with Gasteiger partial charge in [-0.1, -0.05) is 46.9 Å². The molecule has 1 aromatic carbocycles. The van der Waals surface area contributed by atoms with Crippen LogP contribution in [0, 0.1) is 0 Å². The summed E-state index contributed by atoms with van der Waals surface area (Å²) >= 11 is 9.49. The number of nitrogens with one attached hydrogen (secondary N) is 1. The zero-order valence-corrected chi connectivity index (χ0v) is 12.8. The van der Waals surface area contributed by atoms with Crippen molar-refractivity contribution in [2.45, 2.75) is 38.8 Å². The first kappa shape index (κ1) is 15.5. The number of benzene rings is 1. The average molecular weight is 335 g/mol. The first-order valence-corrected chi connectivity index (χ1v) is 7.06. The van der Waals surface area contributed by atoms with Crippen molar-refractivity contribution in [2.24, 2.45) is 0 Å². The molecule has 1 rings (SSSR count). The summed E-state index contributed by atoms with van der Waals surface area (Å²) in [7, 11) is 0. The van der Waals surface area contributed by atoms with Crippen molar-refractivity contribution in [3.05, 3.63) is 33.3 Å². The van der Waals surface area contributed by atoms with Crippen LogP contribution in [0.2, 0.25) is 5.02 Å². The monoisotopic (exact) mass is 333 g/mol. The Labute approximate surface area is 121 Å². The molecule has 2 atom stereocenters. The lowest BCUT2D eigenvalue weighted by molar-refractivity contribution is -0.139. The van der Waals surface area contributed by atoms with E-state index in [-0.39, 0.29) is 6.04 Å². The molecule has 0 amide bonds. The molecule has 0 saturated carbocycles. The topological polar surface area (TPSA) is 49.3 Å². The van der Waals surface area contributed by atoms with Crippen LogP contribution < -0.4 is 5.32 Å². The minimum atomic E-state index is -0.822. The number of hydrogen-bond donors (Lipinski definition) is 2. The van der Waals surface area contributed by atoms with Crippen molar-refractivity contribution in [3.8, 4) is 0 Å². The largest absolute Gasteiger partial charge is 0.480 e. The second-order valence-corrected chi connectivity index (χ2v) is 5.56. The fourth-order valence-corrected chi connectivity index (χ4v) is 2.65. The summed E-state index contributed by atoms with van der Waals surface area (Å²) in [4.78, 5) is 11.1. The van der Waals surface area contributed by atoms with E-state index in [0.29, 0.717) is 11.4 Å². The quantitative estimate of drug-likeness (QED) is 0.826. The maximum Gasteiger partial charge on any atom is 0.320 e. The van der Waals surface area contributed by atoms with Gasteiger partial charge in [0, 0.05) is 15.5 Å². The summed E-state index contributed by atoms with van der Waals surface area (Å²) in [6.45, 7) is 3.88. The molecule has 0 aliphatic rings. The van der Waals surface area contributed by atoms with E-state index in [1.807, 2.05) is 32.0 Å². The Morgan fingerprint density at radius 1 is 1.56 bits per heavy atom. The Morgan fingerprint density at radius 2 is 2.22 bits per heavy atom. The summed E-state index contributed by atoms with van der Waals surface area (Å²) in [5.41, 5.74) is 0.905. The molecule has 0 radical (unpaired) electrons. The van der Waals surface area contributed by atoms with Crippen molar-refractivity contribution < 1.29 is 9.90 Å². The zero-order chi connectivity index (χ0) is 13.7. The van der Waals surface area contributed by atoms with Gasteiger partial charge in [0.15, 0.2) is 0 Å². The van der Waals surface area contributed by atoms with Gasteiger partial charge in [-0.05, 0) is 31.0 Å². The third-order valence-electron chi connectivity index (χ3n) is 2.76. The summed E-state index contributed by atoms with van der Waals surface area (Å²) in [6, 6.07) is 4.97. The molecule has 1 aromatic rings. The second-order valence-electron chi connectivity index (χ2n) is 4.23. The Bertz CT molecular complexity index is 425. The van der Waals surface area contributed by atoms with Gasteiger partial charge in [-0.15, -0.1) is 0 Å².